The quantitative estimate of drug-likeness (QED) is 0.655. The minimum Gasteiger partial charge on any atom is -0.493 e. The van der Waals surface area contributed by atoms with Crippen LogP contribution in [0.3, 0.4) is 0 Å². The van der Waals surface area contributed by atoms with Crippen LogP contribution in [0.5, 0.6) is 17.2 Å². The van der Waals surface area contributed by atoms with Gasteiger partial charge in [0.05, 0.1) is 27.9 Å². The van der Waals surface area contributed by atoms with Gasteiger partial charge in [0.15, 0.2) is 17.3 Å². The van der Waals surface area contributed by atoms with Gasteiger partial charge in [0, 0.05) is 16.3 Å². The van der Waals surface area contributed by atoms with Gasteiger partial charge in [0.25, 0.3) is 0 Å². The molecule has 0 fully saturated rings. The lowest BCUT2D eigenvalue weighted by atomic mass is 10.1. The van der Waals surface area contributed by atoms with Gasteiger partial charge in [-0.15, -0.1) is 0 Å². The van der Waals surface area contributed by atoms with E-state index in [1.54, 1.807) is 33.5 Å². The molecule has 3 aromatic rings. The second-order valence-electron chi connectivity index (χ2n) is 5.38. The van der Waals surface area contributed by atoms with E-state index in [4.69, 9.17) is 25.8 Å². The molecule has 136 valence electrons. The molecule has 1 aromatic heterocycles. The van der Waals surface area contributed by atoms with Crippen LogP contribution in [0.2, 0.25) is 5.02 Å². The Hall–Kier alpha value is -2.93. The third-order valence-corrected chi connectivity index (χ3v) is 4.01. The van der Waals surface area contributed by atoms with Gasteiger partial charge in [-0.2, -0.15) is 5.10 Å². The van der Waals surface area contributed by atoms with Crippen LogP contribution >= 0.6 is 11.6 Å². The largest absolute Gasteiger partial charge is 0.493 e. The summed E-state index contributed by atoms with van der Waals surface area (Å²) in [4.78, 5) is 4.51. The van der Waals surface area contributed by atoms with Crippen molar-refractivity contribution < 1.29 is 14.2 Å². The van der Waals surface area contributed by atoms with Gasteiger partial charge in [-0.3, -0.25) is 5.10 Å². The van der Waals surface area contributed by atoms with Crippen LogP contribution in [-0.4, -0.2) is 36.5 Å². The molecule has 0 aliphatic heterocycles. The average molecular weight is 375 g/mol. The third-order valence-electron chi connectivity index (χ3n) is 3.76. The molecule has 8 heteroatoms. The molecule has 26 heavy (non-hydrogen) atoms. The van der Waals surface area contributed by atoms with Crippen molar-refractivity contribution in [1.29, 1.82) is 0 Å². The van der Waals surface area contributed by atoms with E-state index in [0.29, 0.717) is 40.5 Å². The van der Waals surface area contributed by atoms with Gasteiger partial charge < -0.3 is 19.5 Å². The zero-order valence-corrected chi connectivity index (χ0v) is 15.4. The Morgan fingerprint density at radius 3 is 2.23 bits per heavy atom. The summed E-state index contributed by atoms with van der Waals surface area (Å²) in [5, 5.41) is 11.1. The fraction of sp³-hybridized carbons (Fsp3) is 0.222. The number of aromatic nitrogens is 3. The molecule has 2 aromatic carbocycles. The number of hydrogen-bond acceptors (Lipinski definition) is 6. The number of ether oxygens (including phenoxy) is 3. The molecule has 0 spiro atoms. The maximum Gasteiger partial charge on any atom is 0.203 e. The molecule has 0 unspecified atom stereocenters. The number of methoxy groups -OCH3 is 3. The molecule has 3 rings (SSSR count). The smallest absolute Gasteiger partial charge is 0.203 e. The fourth-order valence-electron chi connectivity index (χ4n) is 2.47. The Kier molecular flexibility index (Phi) is 5.48. The molecule has 0 aliphatic carbocycles. The van der Waals surface area contributed by atoms with E-state index in [1.165, 1.54) is 0 Å². The van der Waals surface area contributed by atoms with Crippen LogP contribution in [0.1, 0.15) is 5.82 Å². The molecule has 0 bridgehead atoms. The van der Waals surface area contributed by atoms with E-state index in [2.05, 4.69) is 20.5 Å². The Bertz CT molecular complexity index is 855. The highest BCUT2D eigenvalue weighted by molar-refractivity contribution is 6.30. The van der Waals surface area contributed by atoms with Crippen LogP contribution in [-0.2, 0) is 6.54 Å². The van der Waals surface area contributed by atoms with Gasteiger partial charge in [-0.1, -0.05) is 11.6 Å². The first-order valence-corrected chi connectivity index (χ1v) is 8.23. The zero-order chi connectivity index (χ0) is 18.5. The summed E-state index contributed by atoms with van der Waals surface area (Å²) in [6.45, 7) is 0.499. The first kappa shape index (κ1) is 17.9. The topological polar surface area (TPSA) is 81.3 Å². The number of halogens is 1. The zero-order valence-electron chi connectivity index (χ0n) is 14.7. The summed E-state index contributed by atoms with van der Waals surface area (Å²) in [7, 11) is 4.70. The first-order chi connectivity index (χ1) is 12.6. The van der Waals surface area contributed by atoms with Gasteiger partial charge in [-0.25, -0.2) is 4.98 Å². The molecular weight excluding hydrogens is 356 g/mol. The van der Waals surface area contributed by atoms with Crippen molar-refractivity contribution in [3.8, 4) is 28.6 Å². The molecule has 1 heterocycles. The highest BCUT2D eigenvalue weighted by Gasteiger charge is 2.16. The summed E-state index contributed by atoms with van der Waals surface area (Å²) in [5.74, 6) is 2.86. The summed E-state index contributed by atoms with van der Waals surface area (Å²) < 4.78 is 16.1. The molecule has 0 radical (unpaired) electrons. The Labute approximate surface area is 156 Å². The Balaban J connectivity index is 1.79. The monoisotopic (exact) mass is 374 g/mol. The Morgan fingerprint density at radius 2 is 1.65 bits per heavy atom. The van der Waals surface area contributed by atoms with Crippen molar-refractivity contribution in [3.63, 3.8) is 0 Å². The molecular formula is C18H19ClN4O3. The number of benzene rings is 2. The van der Waals surface area contributed by atoms with E-state index in [0.717, 1.165) is 11.3 Å². The number of rotatable bonds is 7. The normalized spacial score (nSPS) is 10.5. The maximum absolute atomic E-state index is 5.89. The SMILES string of the molecule is COc1cc(-c2n[nH]c(CNc3ccc(Cl)cc3)n2)cc(OC)c1OC. The van der Waals surface area contributed by atoms with E-state index in [-0.39, 0.29) is 0 Å². The van der Waals surface area contributed by atoms with Gasteiger partial charge in [0.1, 0.15) is 5.82 Å². The molecule has 0 aliphatic rings. The summed E-state index contributed by atoms with van der Waals surface area (Å²) in [5.41, 5.74) is 1.70. The minimum atomic E-state index is 0.499. The van der Waals surface area contributed by atoms with Crippen molar-refractivity contribution in [2.75, 3.05) is 26.6 Å². The van der Waals surface area contributed by atoms with E-state index < -0.39 is 0 Å². The number of nitrogens with zero attached hydrogens (tertiary/aromatic N) is 2. The molecule has 0 saturated carbocycles. The number of hydrogen-bond donors (Lipinski definition) is 2. The van der Waals surface area contributed by atoms with E-state index >= 15 is 0 Å². The lowest BCUT2D eigenvalue weighted by molar-refractivity contribution is 0.324. The summed E-state index contributed by atoms with van der Waals surface area (Å²) in [6, 6.07) is 11.1. The maximum atomic E-state index is 5.89. The van der Waals surface area contributed by atoms with Gasteiger partial charge in [0.2, 0.25) is 5.75 Å². The first-order valence-electron chi connectivity index (χ1n) is 7.85. The lowest BCUT2D eigenvalue weighted by Gasteiger charge is -2.12. The second-order valence-corrected chi connectivity index (χ2v) is 5.82. The van der Waals surface area contributed by atoms with Crippen LogP contribution in [0.4, 0.5) is 5.69 Å². The standard InChI is InChI=1S/C18H19ClN4O3/c1-24-14-8-11(9-15(25-2)17(14)26-3)18-21-16(22-23-18)10-20-13-6-4-12(19)5-7-13/h4-9,20H,10H2,1-3H3,(H,21,22,23). The fourth-order valence-corrected chi connectivity index (χ4v) is 2.59. The number of H-pyrrole nitrogens is 1. The van der Waals surface area contributed by atoms with Crippen molar-refractivity contribution >= 4 is 17.3 Å². The van der Waals surface area contributed by atoms with Crippen LogP contribution in [0.15, 0.2) is 36.4 Å². The molecule has 2 N–H and O–H groups in total. The Morgan fingerprint density at radius 1 is 1.00 bits per heavy atom. The van der Waals surface area contributed by atoms with E-state index in [1.807, 2.05) is 24.3 Å². The van der Waals surface area contributed by atoms with Crippen LogP contribution < -0.4 is 19.5 Å². The third kappa shape index (κ3) is 3.83. The molecule has 0 atom stereocenters. The number of anilines is 1. The molecule has 7 nitrogen and oxygen atoms in total. The van der Waals surface area contributed by atoms with Crippen LogP contribution in [0, 0.1) is 0 Å². The van der Waals surface area contributed by atoms with Crippen LogP contribution in [0.25, 0.3) is 11.4 Å². The minimum absolute atomic E-state index is 0.499. The summed E-state index contributed by atoms with van der Waals surface area (Å²) >= 11 is 5.89. The number of nitrogens with one attached hydrogen (secondary N) is 2. The van der Waals surface area contributed by atoms with Gasteiger partial charge in [-0.05, 0) is 36.4 Å². The van der Waals surface area contributed by atoms with Crippen molar-refractivity contribution in [1.82, 2.24) is 15.2 Å². The van der Waals surface area contributed by atoms with E-state index in [9.17, 15) is 0 Å². The van der Waals surface area contributed by atoms with Crippen molar-refractivity contribution in [3.05, 3.63) is 47.2 Å². The van der Waals surface area contributed by atoms with Crippen molar-refractivity contribution in [2.24, 2.45) is 0 Å². The molecule has 0 amide bonds. The highest BCUT2D eigenvalue weighted by Crippen LogP contribution is 2.40. The molecule has 0 saturated heterocycles. The lowest BCUT2D eigenvalue weighted by Crippen LogP contribution is -2.01. The van der Waals surface area contributed by atoms with Crippen molar-refractivity contribution in [2.45, 2.75) is 6.54 Å². The second kappa shape index (κ2) is 7.97. The average Bonchev–Trinajstić information content (AvgIpc) is 3.15. The highest BCUT2D eigenvalue weighted by atomic mass is 35.5. The predicted octanol–water partition coefficient (Wildman–Crippen LogP) is 3.76. The number of aromatic amines is 1. The summed E-state index contributed by atoms with van der Waals surface area (Å²) in [6.07, 6.45) is 0. The predicted molar refractivity (Wildman–Crippen MR) is 100 cm³/mol. The van der Waals surface area contributed by atoms with Gasteiger partial charge >= 0.3 is 0 Å².